The van der Waals surface area contributed by atoms with Crippen molar-refractivity contribution in [2.24, 2.45) is 0 Å². The van der Waals surface area contributed by atoms with Crippen molar-refractivity contribution in [2.75, 3.05) is 7.11 Å². The zero-order chi connectivity index (χ0) is 23.5. The van der Waals surface area contributed by atoms with Crippen LogP contribution in [0.3, 0.4) is 0 Å². The normalized spacial score (nSPS) is 10.9. The van der Waals surface area contributed by atoms with Crippen LogP contribution in [0.15, 0.2) is 60.8 Å². The number of nitrogens with one attached hydrogen (secondary N) is 1. The predicted molar refractivity (Wildman–Crippen MR) is 116 cm³/mol. The van der Waals surface area contributed by atoms with Gasteiger partial charge in [-0.2, -0.15) is 0 Å². The van der Waals surface area contributed by atoms with Gasteiger partial charge >= 0.3 is 5.97 Å². The predicted octanol–water partition coefficient (Wildman–Crippen LogP) is 4.00. The van der Waals surface area contributed by atoms with Gasteiger partial charge in [-0.25, -0.2) is 13.6 Å². The Hall–Kier alpha value is -4.27. The average Bonchev–Trinajstić information content (AvgIpc) is 3.14. The van der Waals surface area contributed by atoms with E-state index in [-0.39, 0.29) is 24.3 Å². The summed E-state index contributed by atoms with van der Waals surface area (Å²) >= 11 is 0. The molecule has 2 heterocycles. The molecule has 1 amide bonds. The fourth-order valence-corrected chi connectivity index (χ4v) is 3.65. The van der Waals surface area contributed by atoms with Crippen LogP contribution in [0.5, 0.6) is 5.75 Å². The van der Waals surface area contributed by atoms with Crippen LogP contribution in [-0.2, 0) is 13.1 Å². The third kappa shape index (κ3) is 4.38. The summed E-state index contributed by atoms with van der Waals surface area (Å²) in [6, 6.07) is 13.4. The van der Waals surface area contributed by atoms with Crippen LogP contribution in [0.2, 0.25) is 0 Å². The highest BCUT2D eigenvalue weighted by molar-refractivity contribution is 6.14. The number of aromatic carboxylic acids is 1. The van der Waals surface area contributed by atoms with Crippen molar-refractivity contribution in [3.8, 4) is 5.75 Å². The molecule has 0 aliphatic rings. The van der Waals surface area contributed by atoms with E-state index < -0.39 is 23.5 Å². The molecular formula is C24H19F2N3O4. The number of halogens is 2. The Bertz CT molecular complexity index is 1350. The van der Waals surface area contributed by atoms with Crippen molar-refractivity contribution in [2.45, 2.75) is 13.1 Å². The monoisotopic (exact) mass is 451 g/mol. The van der Waals surface area contributed by atoms with E-state index >= 15 is 0 Å². The molecular weight excluding hydrogens is 432 g/mol. The van der Waals surface area contributed by atoms with Crippen LogP contribution in [0.1, 0.15) is 32.1 Å². The highest BCUT2D eigenvalue weighted by Crippen LogP contribution is 2.30. The molecule has 0 saturated carbocycles. The van der Waals surface area contributed by atoms with Crippen molar-refractivity contribution in [3.05, 3.63) is 94.9 Å². The van der Waals surface area contributed by atoms with Crippen LogP contribution >= 0.6 is 0 Å². The van der Waals surface area contributed by atoms with Crippen molar-refractivity contribution in [1.82, 2.24) is 14.9 Å². The summed E-state index contributed by atoms with van der Waals surface area (Å²) in [4.78, 5) is 29.7. The number of carboxylic acid groups (broad SMARTS) is 1. The van der Waals surface area contributed by atoms with Crippen molar-refractivity contribution in [1.29, 1.82) is 0 Å². The smallest absolute Gasteiger partial charge is 0.353 e. The van der Waals surface area contributed by atoms with Gasteiger partial charge in [0.25, 0.3) is 5.91 Å². The van der Waals surface area contributed by atoms with Gasteiger partial charge in [-0.1, -0.05) is 12.1 Å². The average molecular weight is 451 g/mol. The van der Waals surface area contributed by atoms with Crippen molar-refractivity contribution < 1.29 is 28.2 Å². The van der Waals surface area contributed by atoms with Gasteiger partial charge in [-0.15, -0.1) is 0 Å². The third-order valence-electron chi connectivity index (χ3n) is 5.18. The summed E-state index contributed by atoms with van der Waals surface area (Å²) in [6.45, 7) is 0.000750. The molecule has 0 saturated heterocycles. The largest absolute Gasteiger partial charge is 0.497 e. The Morgan fingerprint density at radius 3 is 2.58 bits per heavy atom. The SMILES string of the molecule is COc1ccc2c(C(=O)NCc3ccc(F)c(F)c3)c(C(=O)O)n(Cc3ccccn3)c2c1. The van der Waals surface area contributed by atoms with Crippen molar-refractivity contribution >= 4 is 22.8 Å². The second kappa shape index (κ2) is 9.07. The Morgan fingerprint density at radius 1 is 1.09 bits per heavy atom. The third-order valence-corrected chi connectivity index (χ3v) is 5.18. The number of fused-ring (bicyclic) bond motifs is 1. The molecule has 2 aromatic carbocycles. The maximum atomic E-state index is 13.5. The number of pyridine rings is 1. The van der Waals surface area contributed by atoms with Crippen LogP contribution in [0, 0.1) is 11.6 Å². The quantitative estimate of drug-likeness (QED) is 0.443. The van der Waals surface area contributed by atoms with Crippen LogP contribution in [0.4, 0.5) is 8.78 Å². The Balaban J connectivity index is 1.79. The highest BCUT2D eigenvalue weighted by Gasteiger charge is 2.27. The number of benzene rings is 2. The van der Waals surface area contributed by atoms with Crippen molar-refractivity contribution in [3.63, 3.8) is 0 Å². The number of carbonyl (C=O) groups is 2. The van der Waals surface area contributed by atoms with E-state index in [1.54, 1.807) is 42.6 Å². The number of ether oxygens (including phenoxy) is 1. The first kappa shape index (κ1) is 21.9. The second-order valence-electron chi connectivity index (χ2n) is 7.25. The Labute approximate surface area is 187 Å². The molecule has 2 aromatic heterocycles. The Kier molecular flexibility index (Phi) is 6.03. The number of rotatable bonds is 7. The highest BCUT2D eigenvalue weighted by atomic mass is 19.2. The summed E-state index contributed by atoms with van der Waals surface area (Å²) in [6.07, 6.45) is 1.59. The molecule has 0 spiro atoms. The first-order valence-electron chi connectivity index (χ1n) is 9.94. The number of carbonyl (C=O) groups excluding carboxylic acids is 1. The molecule has 0 atom stereocenters. The number of carboxylic acids is 1. The molecule has 0 bridgehead atoms. The molecule has 4 aromatic rings. The van der Waals surface area contributed by atoms with Crippen LogP contribution in [0.25, 0.3) is 10.9 Å². The fourth-order valence-electron chi connectivity index (χ4n) is 3.65. The Morgan fingerprint density at radius 2 is 1.91 bits per heavy atom. The number of amides is 1. The number of hydrogen-bond acceptors (Lipinski definition) is 4. The number of methoxy groups -OCH3 is 1. The molecule has 0 aliphatic heterocycles. The zero-order valence-electron chi connectivity index (χ0n) is 17.5. The second-order valence-corrected chi connectivity index (χ2v) is 7.25. The van der Waals surface area contributed by atoms with Gasteiger partial charge in [-0.05, 0) is 42.0 Å². The molecule has 0 unspecified atom stereocenters. The van der Waals surface area contributed by atoms with Crippen LogP contribution in [-0.4, -0.2) is 33.6 Å². The first-order chi connectivity index (χ1) is 15.9. The molecule has 0 radical (unpaired) electrons. The summed E-state index contributed by atoms with van der Waals surface area (Å²) in [5, 5.41) is 13.0. The van der Waals surface area contributed by atoms with E-state index in [0.29, 0.717) is 27.9 Å². The molecule has 9 heteroatoms. The van der Waals surface area contributed by atoms with Gasteiger partial charge in [0.15, 0.2) is 11.6 Å². The summed E-state index contributed by atoms with van der Waals surface area (Å²) in [5.74, 6) is -3.49. The lowest BCUT2D eigenvalue weighted by molar-refractivity contribution is 0.0680. The minimum absolute atomic E-state index is 0.0429. The van der Waals surface area contributed by atoms with Gasteiger partial charge in [0.2, 0.25) is 0 Å². The minimum Gasteiger partial charge on any atom is -0.497 e. The van der Waals surface area contributed by atoms with Gasteiger partial charge in [0.05, 0.1) is 30.4 Å². The van der Waals surface area contributed by atoms with Gasteiger partial charge < -0.3 is 19.7 Å². The summed E-state index contributed by atoms with van der Waals surface area (Å²) in [7, 11) is 1.49. The molecule has 0 fully saturated rings. The molecule has 4 rings (SSSR count). The number of hydrogen-bond donors (Lipinski definition) is 2. The van der Waals surface area contributed by atoms with Gasteiger partial charge in [0.1, 0.15) is 11.4 Å². The molecule has 7 nitrogen and oxygen atoms in total. The lowest BCUT2D eigenvalue weighted by atomic mass is 10.1. The molecule has 168 valence electrons. The maximum Gasteiger partial charge on any atom is 0.353 e. The van der Waals surface area contributed by atoms with E-state index in [0.717, 1.165) is 12.1 Å². The first-order valence-corrected chi connectivity index (χ1v) is 9.94. The molecule has 0 aliphatic carbocycles. The van der Waals surface area contributed by atoms with E-state index in [2.05, 4.69) is 10.3 Å². The molecule has 33 heavy (non-hydrogen) atoms. The van der Waals surface area contributed by atoms with E-state index in [1.807, 2.05) is 0 Å². The standard InChI is InChI=1S/C24H19F2N3O4/c1-33-16-6-7-17-20(11-16)29(13-15-4-2-3-9-27-15)22(24(31)32)21(17)23(30)28-12-14-5-8-18(25)19(26)10-14/h2-11H,12-13H2,1H3,(H,28,30)(H,31,32). The van der Waals surface area contributed by atoms with Gasteiger partial charge in [-0.3, -0.25) is 9.78 Å². The zero-order valence-corrected chi connectivity index (χ0v) is 17.5. The lowest BCUT2D eigenvalue weighted by Crippen LogP contribution is -2.25. The molecule has 2 N–H and O–H groups in total. The topological polar surface area (TPSA) is 93.5 Å². The number of nitrogens with zero attached hydrogens (tertiary/aromatic N) is 2. The fraction of sp³-hybridized carbons (Fsp3) is 0.125. The van der Waals surface area contributed by atoms with E-state index in [9.17, 15) is 23.5 Å². The van der Waals surface area contributed by atoms with Gasteiger partial charge in [0, 0.05) is 24.2 Å². The van der Waals surface area contributed by atoms with E-state index in [4.69, 9.17) is 4.74 Å². The number of aromatic nitrogens is 2. The minimum atomic E-state index is -1.29. The summed E-state index contributed by atoms with van der Waals surface area (Å²) in [5.41, 5.74) is 1.16. The van der Waals surface area contributed by atoms with E-state index in [1.165, 1.54) is 17.7 Å². The lowest BCUT2D eigenvalue weighted by Gasteiger charge is -2.09. The maximum absolute atomic E-state index is 13.5. The van der Waals surface area contributed by atoms with Crippen LogP contribution < -0.4 is 10.1 Å². The summed E-state index contributed by atoms with van der Waals surface area (Å²) < 4.78 is 33.5.